The molecule has 0 bridgehead atoms. The molecule has 0 spiro atoms. The number of aliphatic hydroxyl groups excluding tert-OH is 5. The van der Waals surface area contributed by atoms with E-state index < -0.39 is 78.0 Å². The first-order valence-electron chi connectivity index (χ1n) is 14.7. The van der Waals surface area contributed by atoms with E-state index in [0.29, 0.717) is 6.42 Å². The number of phosphoric acid groups is 2. The predicted octanol–water partition coefficient (Wildman–Crippen LogP) is -0.535. The van der Waals surface area contributed by atoms with E-state index in [2.05, 4.69) is 19.3 Å². The third kappa shape index (κ3) is 9.68. The molecule has 4 rings (SSSR count). The lowest BCUT2D eigenvalue weighted by Gasteiger charge is -2.20. The minimum absolute atomic E-state index is 0.0626. The van der Waals surface area contributed by atoms with Gasteiger partial charge >= 0.3 is 15.6 Å². The first-order chi connectivity index (χ1) is 21.8. The van der Waals surface area contributed by atoms with Gasteiger partial charge in [-0.2, -0.15) is 4.31 Å². The average Bonchev–Trinajstić information content (AvgIpc) is 3.64. The number of phosphoric ester groups is 2. The van der Waals surface area contributed by atoms with Gasteiger partial charge in [0.1, 0.15) is 48.5 Å². The summed E-state index contributed by atoms with van der Waals surface area (Å²) in [6, 6.07) is 0. The van der Waals surface area contributed by atoms with Crippen molar-refractivity contribution in [1.82, 2.24) is 19.5 Å². The minimum atomic E-state index is -5.33. The Morgan fingerprint density at radius 2 is 1.39 bits per heavy atom. The van der Waals surface area contributed by atoms with Crippen LogP contribution in [0.15, 0.2) is 12.7 Å². The van der Waals surface area contributed by atoms with Crippen LogP contribution >= 0.6 is 15.6 Å². The van der Waals surface area contributed by atoms with E-state index in [1.807, 2.05) is 0 Å². The van der Waals surface area contributed by atoms with Crippen LogP contribution in [0.5, 0.6) is 0 Å². The molecule has 262 valence electrons. The van der Waals surface area contributed by atoms with Crippen LogP contribution in [0.4, 0.5) is 5.82 Å². The van der Waals surface area contributed by atoms with Gasteiger partial charge in [0.2, 0.25) is 0 Å². The van der Waals surface area contributed by atoms with Gasteiger partial charge in [0.15, 0.2) is 24.0 Å². The van der Waals surface area contributed by atoms with Crippen molar-refractivity contribution in [2.75, 3.05) is 32.2 Å². The number of imidazole rings is 1. The maximum absolute atomic E-state index is 12.4. The number of hydrogen-bond donors (Lipinski definition) is 8. The molecule has 4 heterocycles. The van der Waals surface area contributed by atoms with Crippen molar-refractivity contribution in [1.29, 1.82) is 0 Å². The number of nitrogens with two attached hydrogens (primary N) is 1. The fourth-order valence-corrected chi connectivity index (χ4v) is 7.04. The van der Waals surface area contributed by atoms with E-state index in [9.17, 15) is 39.3 Å². The van der Waals surface area contributed by atoms with Crippen molar-refractivity contribution < 1.29 is 72.0 Å². The lowest BCUT2D eigenvalue weighted by Crippen LogP contribution is -2.35. The van der Waals surface area contributed by atoms with Gasteiger partial charge in [-0.3, -0.25) is 13.6 Å². The second-order valence-electron chi connectivity index (χ2n) is 10.8. The van der Waals surface area contributed by atoms with E-state index in [1.54, 1.807) is 0 Å². The molecular formula is C24H41N5O15P2. The summed E-state index contributed by atoms with van der Waals surface area (Å²) in [6.07, 6.45) is -2.80. The summed E-state index contributed by atoms with van der Waals surface area (Å²) in [7, 11) is -10.6. The molecule has 0 saturated carbocycles. The molecular weight excluding hydrogens is 660 g/mol. The summed E-state index contributed by atoms with van der Waals surface area (Å²) >= 11 is 0. The number of hydrogen-bond acceptors (Lipinski definition) is 17. The molecule has 2 aliphatic heterocycles. The summed E-state index contributed by atoms with van der Waals surface area (Å²) in [5.41, 5.74) is 6.14. The lowest BCUT2D eigenvalue weighted by atomic mass is 10.1. The van der Waals surface area contributed by atoms with Crippen molar-refractivity contribution >= 4 is 32.6 Å². The summed E-state index contributed by atoms with van der Waals surface area (Å²) in [4.78, 5) is 31.9. The first kappa shape index (κ1) is 37.1. The molecule has 0 aliphatic carbocycles. The molecule has 2 aliphatic rings. The van der Waals surface area contributed by atoms with Crippen LogP contribution in [-0.2, 0) is 36.7 Å². The monoisotopic (exact) mass is 701 g/mol. The van der Waals surface area contributed by atoms with Crippen LogP contribution in [0, 0.1) is 0 Å². The van der Waals surface area contributed by atoms with Gasteiger partial charge in [-0.05, 0) is 12.8 Å². The average molecular weight is 702 g/mol. The van der Waals surface area contributed by atoms with Gasteiger partial charge < -0.3 is 55.3 Å². The van der Waals surface area contributed by atoms with E-state index in [4.69, 9.17) is 34.1 Å². The number of aliphatic hydroxyl groups is 5. The molecule has 46 heavy (non-hydrogen) atoms. The van der Waals surface area contributed by atoms with E-state index >= 15 is 0 Å². The highest BCUT2D eigenvalue weighted by Gasteiger charge is 2.47. The molecule has 2 saturated heterocycles. The number of rotatable bonds is 19. The third-order valence-electron chi connectivity index (χ3n) is 7.41. The summed E-state index contributed by atoms with van der Waals surface area (Å²) in [5, 5.41) is 50.2. The quantitative estimate of drug-likeness (QED) is 0.0674. The molecule has 9 N–H and O–H groups in total. The maximum Gasteiger partial charge on any atom is 0.481 e. The zero-order valence-corrected chi connectivity index (χ0v) is 26.5. The Kier molecular flexibility index (Phi) is 13.4. The number of ether oxygens (including phenoxy) is 3. The van der Waals surface area contributed by atoms with Gasteiger partial charge in [0.25, 0.3) is 0 Å². The van der Waals surface area contributed by atoms with E-state index in [0.717, 1.165) is 44.9 Å². The molecule has 22 heteroatoms. The molecule has 0 radical (unpaired) electrons. The van der Waals surface area contributed by atoms with Crippen molar-refractivity contribution in [3.05, 3.63) is 12.7 Å². The van der Waals surface area contributed by atoms with Gasteiger partial charge in [0.05, 0.1) is 19.5 Å². The van der Waals surface area contributed by atoms with E-state index in [1.165, 1.54) is 10.9 Å². The Morgan fingerprint density at radius 1 is 0.804 bits per heavy atom. The fraction of sp³-hybridized carbons (Fsp3) is 0.792. The third-order valence-corrected chi connectivity index (χ3v) is 10.0. The largest absolute Gasteiger partial charge is 0.481 e. The van der Waals surface area contributed by atoms with Crippen LogP contribution < -0.4 is 5.73 Å². The highest BCUT2D eigenvalue weighted by atomic mass is 31.3. The zero-order valence-electron chi connectivity index (χ0n) is 24.7. The number of fused-ring (bicyclic) bond motifs is 1. The Hall–Kier alpha value is -1.71. The molecule has 20 nitrogen and oxygen atoms in total. The Morgan fingerprint density at radius 3 is 2.04 bits per heavy atom. The number of unbranched alkanes of at least 4 members (excludes halogenated alkanes) is 6. The Labute approximate surface area is 263 Å². The Bertz CT molecular complexity index is 1360. The highest BCUT2D eigenvalue weighted by Crippen LogP contribution is 2.60. The SMILES string of the molecule is Nc1ncnc2c1ncn2[C@@H]1O[C@H](COP(=O)(O)OP(=O)(O)OC[C@H]2O[C@@H](OCCCCCCCCCO)[C@H](O)[C@@H]2O)[C@@H](O)[C@H]1O. The molecule has 2 aromatic heterocycles. The number of nitrogen functional groups attached to an aromatic ring is 1. The maximum atomic E-state index is 12.4. The van der Waals surface area contributed by atoms with Gasteiger partial charge in [-0.25, -0.2) is 24.1 Å². The smallest absolute Gasteiger partial charge is 0.396 e. The van der Waals surface area contributed by atoms with E-state index in [-0.39, 0.29) is 30.2 Å². The second kappa shape index (κ2) is 16.6. The van der Waals surface area contributed by atoms with Crippen LogP contribution in [0.2, 0.25) is 0 Å². The van der Waals surface area contributed by atoms with Gasteiger partial charge in [-0.15, -0.1) is 0 Å². The Balaban J connectivity index is 1.19. The molecule has 0 amide bonds. The number of aromatic nitrogens is 4. The lowest BCUT2D eigenvalue weighted by molar-refractivity contribution is -0.169. The van der Waals surface area contributed by atoms with Gasteiger partial charge in [0, 0.05) is 13.2 Å². The molecule has 0 aromatic carbocycles. The number of anilines is 1. The van der Waals surface area contributed by atoms with Crippen molar-refractivity contribution in [2.24, 2.45) is 0 Å². The number of nitrogens with zero attached hydrogens (tertiary/aromatic N) is 4. The minimum Gasteiger partial charge on any atom is -0.396 e. The van der Waals surface area contributed by atoms with Crippen LogP contribution in [0.1, 0.15) is 51.2 Å². The standard InChI is InChI=1S/C24H41N5O15P2/c25-21-16-22(27-12-26-21)29(13-28-16)23-19(33)17(31)14(42-23)10-40-45(35,36)44-46(37,38)41-11-15-18(32)20(34)24(43-15)39-9-7-5-3-1-2-4-6-8-30/h12-15,17-20,23-24,30-34H,1-11H2,(H,35,36)(H,37,38)(H2,25,26,27)/t14-,15-,17-,18-,19-,20-,23-,24-/m1/s1. The molecule has 2 aromatic rings. The van der Waals surface area contributed by atoms with Gasteiger partial charge in [-0.1, -0.05) is 32.1 Å². The fourth-order valence-electron chi connectivity index (χ4n) is 4.95. The zero-order chi connectivity index (χ0) is 33.5. The molecule has 2 unspecified atom stereocenters. The highest BCUT2D eigenvalue weighted by molar-refractivity contribution is 7.61. The van der Waals surface area contributed by atoms with Crippen LogP contribution in [0.3, 0.4) is 0 Å². The normalized spacial score (nSPS) is 30.9. The predicted molar refractivity (Wildman–Crippen MR) is 154 cm³/mol. The summed E-state index contributed by atoms with van der Waals surface area (Å²) in [5.74, 6) is 0.0626. The summed E-state index contributed by atoms with van der Waals surface area (Å²) in [6.45, 7) is -1.29. The van der Waals surface area contributed by atoms with Crippen LogP contribution in [-0.4, -0.2) is 124 Å². The molecule has 10 atom stereocenters. The second-order valence-corrected chi connectivity index (χ2v) is 13.9. The molecule has 2 fully saturated rings. The van der Waals surface area contributed by atoms with Crippen LogP contribution in [0.25, 0.3) is 11.2 Å². The first-order valence-corrected chi connectivity index (χ1v) is 17.7. The van der Waals surface area contributed by atoms with Crippen molar-refractivity contribution in [3.63, 3.8) is 0 Å². The summed E-state index contributed by atoms with van der Waals surface area (Å²) < 4.78 is 56.2. The van der Waals surface area contributed by atoms with Crippen molar-refractivity contribution in [2.45, 2.75) is 94.1 Å². The van der Waals surface area contributed by atoms with Crippen molar-refractivity contribution in [3.8, 4) is 0 Å². The topological polar surface area (TPSA) is 301 Å².